The zero-order valence-corrected chi connectivity index (χ0v) is 14.8. The molecular weight excluding hydrogens is 342 g/mol. The number of halogens is 2. The van der Waals surface area contributed by atoms with Crippen LogP contribution in [0.4, 0.5) is 14.5 Å². The van der Waals surface area contributed by atoms with E-state index in [-0.39, 0.29) is 5.69 Å². The van der Waals surface area contributed by atoms with Crippen molar-refractivity contribution < 1.29 is 23.1 Å². The Hall–Kier alpha value is -2.70. The van der Waals surface area contributed by atoms with Gasteiger partial charge in [-0.05, 0) is 51.8 Å². The predicted octanol–water partition coefficient (Wildman–Crippen LogP) is 3.90. The number of hydrogen-bond donors (Lipinski definition) is 1. The quantitative estimate of drug-likeness (QED) is 0.821. The largest absolute Gasteiger partial charge is 0.449 e. The van der Waals surface area contributed by atoms with Crippen molar-refractivity contribution in [3.05, 3.63) is 52.9 Å². The zero-order chi connectivity index (χ0) is 19.0. The molecule has 0 spiro atoms. The summed E-state index contributed by atoms with van der Waals surface area (Å²) in [6, 6.07) is 5.20. The third-order valence-electron chi connectivity index (χ3n) is 4.46. The Morgan fingerprint density at radius 1 is 1.19 bits per heavy atom. The van der Waals surface area contributed by atoms with Gasteiger partial charge in [-0.15, -0.1) is 0 Å². The molecule has 3 rings (SSSR count). The molecule has 1 aliphatic rings. The monoisotopic (exact) mass is 362 g/mol. The molecule has 0 bridgehead atoms. The highest BCUT2D eigenvalue weighted by atomic mass is 19.2. The minimum Gasteiger partial charge on any atom is -0.449 e. The Balaban J connectivity index is 1.66. The van der Waals surface area contributed by atoms with Crippen molar-refractivity contribution >= 4 is 17.6 Å². The molecule has 0 aliphatic heterocycles. The number of nitrogens with one attached hydrogen (secondary N) is 1. The molecule has 0 radical (unpaired) electrons. The van der Waals surface area contributed by atoms with E-state index in [1.807, 2.05) is 13.8 Å². The standard InChI is InChI=1S/C19H20F2N2O3/c1-10-8-15(11(2)23(10)14-5-6-14)19(25)26-12(3)18(24)22-13-4-7-16(20)17(21)9-13/h4,7-9,12,14H,5-6H2,1-3H3,(H,22,24)/t12-/m0/s1. The van der Waals surface area contributed by atoms with Crippen LogP contribution in [0.15, 0.2) is 24.3 Å². The van der Waals surface area contributed by atoms with Crippen molar-refractivity contribution in [3.8, 4) is 0 Å². The number of aromatic nitrogens is 1. The number of carbonyl (C=O) groups is 2. The summed E-state index contributed by atoms with van der Waals surface area (Å²) >= 11 is 0. The fraction of sp³-hybridized carbons (Fsp3) is 0.368. The normalized spacial score (nSPS) is 14.8. The number of anilines is 1. The summed E-state index contributed by atoms with van der Waals surface area (Å²) in [4.78, 5) is 24.6. The molecule has 138 valence electrons. The molecule has 1 aromatic heterocycles. The molecule has 7 heteroatoms. The molecule has 1 fully saturated rings. The number of rotatable bonds is 5. The summed E-state index contributed by atoms with van der Waals surface area (Å²) < 4.78 is 33.5. The van der Waals surface area contributed by atoms with Gasteiger partial charge in [0.2, 0.25) is 0 Å². The fourth-order valence-corrected chi connectivity index (χ4v) is 2.97. The van der Waals surface area contributed by atoms with E-state index in [2.05, 4.69) is 9.88 Å². The molecule has 1 N–H and O–H groups in total. The summed E-state index contributed by atoms with van der Waals surface area (Å²) in [6.07, 6.45) is 1.11. The molecule has 1 aliphatic carbocycles. The Kier molecular flexibility index (Phi) is 4.80. The van der Waals surface area contributed by atoms with Crippen molar-refractivity contribution in [2.75, 3.05) is 5.32 Å². The maximum absolute atomic E-state index is 13.2. The second-order valence-corrected chi connectivity index (χ2v) is 6.55. The van der Waals surface area contributed by atoms with Gasteiger partial charge in [-0.2, -0.15) is 0 Å². The average Bonchev–Trinajstić information content (AvgIpc) is 3.36. The van der Waals surface area contributed by atoms with Crippen LogP contribution in [-0.4, -0.2) is 22.5 Å². The first-order valence-electron chi connectivity index (χ1n) is 8.43. The Bertz CT molecular complexity index is 872. The van der Waals surface area contributed by atoms with Gasteiger partial charge in [0.25, 0.3) is 5.91 Å². The number of esters is 1. The van der Waals surface area contributed by atoms with E-state index in [0.717, 1.165) is 36.4 Å². The topological polar surface area (TPSA) is 60.3 Å². The van der Waals surface area contributed by atoms with Crippen molar-refractivity contribution in [2.24, 2.45) is 0 Å². The van der Waals surface area contributed by atoms with E-state index in [9.17, 15) is 18.4 Å². The van der Waals surface area contributed by atoms with Gasteiger partial charge in [0.15, 0.2) is 17.7 Å². The van der Waals surface area contributed by atoms with E-state index in [1.165, 1.54) is 13.0 Å². The molecule has 1 aromatic carbocycles. The van der Waals surface area contributed by atoms with Gasteiger partial charge in [0.05, 0.1) is 5.56 Å². The molecule has 2 aromatic rings. The molecule has 0 saturated heterocycles. The zero-order valence-electron chi connectivity index (χ0n) is 14.8. The van der Waals surface area contributed by atoms with Crippen LogP contribution in [-0.2, 0) is 9.53 Å². The van der Waals surface area contributed by atoms with Gasteiger partial charge in [-0.1, -0.05) is 0 Å². The van der Waals surface area contributed by atoms with Crippen LogP contribution in [0.25, 0.3) is 0 Å². The highest BCUT2D eigenvalue weighted by Crippen LogP contribution is 2.38. The number of hydrogen-bond acceptors (Lipinski definition) is 3. The van der Waals surface area contributed by atoms with Gasteiger partial charge in [0, 0.05) is 29.2 Å². The van der Waals surface area contributed by atoms with Gasteiger partial charge in [-0.3, -0.25) is 4.79 Å². The van der Waals surface area contributed by atoms with Crippen LogP contribution in [0.5, 0.6) is 0 Å². The van der Waals surface area contributed by atoms with Crippen LogP contribution < -0.4 is 5.32 Å². The van der Waals surface area contributed by atoms with Crippen molar-refractivity contribution in [2.45, 2.75) is 45.8 Å². The van der Waals surface area contributed by atoms with Crippen molar-refractivity contribution in [1.29, 1.82) is 0 Å². The molecule has 26 heavy (non-hydrogen) atoms. The first-order valence-corrected chi connectivity index (χ1v) is 8.43. The minimum absolute atomic E-state index is 0.0868. The van der Waals surface area contributed by atoms with E-state index < -0.39 is 29.6 Å². The number of benzene rings is 1. The van der Waals surface area contributed by atoms with Crippen LogP contribution in [0, 0.1) is 25.5 Å². The van der Waals surface area contributed by atoms with Gasteiger partial charge < -0.3 is 14.6 Å². The number of nitrogens with zero attached hydrogens (tertiary/aromatic N) is 1. The number of carbonyl (C=O) groups excluding carboxylic acids is 2. The van der Waals surface area contributed by atoms with E-state index in [4.69, 9.17) is 4.74 Å². The predicted molar refractivity (Wildman–Crippen MR) is 92.0 cm³/mol. The summed E-state index contributed by atoms with van der Waals surface area (Å²) in [5, 5.41) is 2.40. The van der Waals surface area contributed by atoms with Gasteiger partial charge in [0.1, 0.15) is 0 Å². The first kappa shape index (κ1) is 18.1. The van der Waals surface area contributed by atoms with Crippen LogP contribution in [0.3, 0.4) is 0 Å². The van der Waals surface area contributed by atoms with Gasteiger partial charge in [-0.25, -0.2) is 13.6 Å². The maximum atomic E-state index is 13.2. The first-order chi connectivity index (χ1) is 12.3. The molecule has 5 nitrogen and oxygen atoms in total. The van der Waals surface area contributed by atoms with Crippen LogP contribution >= 0.6 is 0 Å². The SMILES string of the molecule is Cc1cc(C(=O)O[C@@H](C)C(=O)Nc2ccc(F)c(F)c2)c(C)n1C1CC1. The second-order valence-electron chi connectivity index (χ2n) is 6.55. The highest BCUT2D eigenvalue weighted by molar-refractivity contribution is 5.97. The summed E-state index contributed by atoms with van der Waals surface area (Å²) in [5.74, 6) is -3.29. The summed E-state index contributed by atoms with van der Waals surface area (Å²) in [5.41, 5.74) is 2.32. The number of ether oxygens (including phenoxy) is 1. The van der Waals surface area contributed by atoms with Crippen molar-refractivity contribution in [3.63, 3.8) is 0 Å². The smallest absolute Gasteiger partial charge is 0.340 e. The molecule has 1 saturated carbocycles. The van der Waals surface area contributed by atoms with Crippen LogP contribution in [0.2, 0.25) is 0 Å². The van der Waals surface area contributed by atoms with E-state index >= 15 is 0 Å². The van der Waals surface area contributed by atoms with Crippen LogP contribution in [0.1, 0.15) is 47.6 Å². The molecule has 1 amide bonds. The molecule has 1 heterocycles. The third kappa shape index (κ3) is 3.61. The highest BCUT2D eigenvalue weighted by Gasteiger charge is 2.29. The lowest BCUT2D eigenvalue weighted by atomic mass is 10.2. The fourth-order valence-electron chi connectivity index (χ4n) is 2.97. The minimum atomic E-state index is -1.08. The average molecular weight is 362 g/mol. The van der Waals surface area contributed by atoms with Crippen molar-refractivity contribution in [1.82, 2.24) is 4.57 Å². The summed E-state index contributed by atoms with van der Waals surface area (Å²) in [6.45, 7) is 5.21. The molecule has 1 atom stereocenters. The maximum Gasteiger partial charge on any atom is 0.340 e. The lowest BCUT2D eigenvalue weighted by Crippen LogP contribution is -2.30. The third-order valence-corrected chi connectivity index (χ3v) is 4.46. The second kappa shape index (κ2) is 6.90. The number of amides is 1. The lowest BCUT2D eigenvalue weighted by Gasteiger charge is -2.14. The Morgan fingerprint density at radius 2 is 1.88 bits per heavy atom. The Morgan fingerprint density at radius 3 is 2.50 bits per heavy atom. The number of aryl methyl sites for hydroxylation is 1. The molecular formula is C19H20F2N2O3. The van der Waals surface area contributed by atoms with Gasteiger partial charge >= 0.3 is 5.97 Å². The lowest BCUT2D eigenvalue weighted by molar-refractivity contribution is -0.123. The summed E-state index contributed by atoms with van der Waals surface area (Å²) in [7, 11) is 0. The molecule has 0 unspecified atom stereocenters. The van der Waals surface area contributed by atoms with E-state index in [0.29, 0.717) is 11.6 Å². The Labute approximate surface area is 150 Å². The van der Waals surface area contributed by atoms with E-state index in [1.54, 1.807) is 6.07 Å².